The number of pyridine rings is 3. The minimum Gasteiger partial charge on any atom is -0.362 e. The molecule has 1 amide bonds. The zero-order valence-electron chi connectivity index (χ0n) is 23.9. The number of halogens is 1. The lowest BCUT2D eigenvalue weighted by atomic mass is 9.91. The van der Waals surface area contributed by atoms with Gasteiger partial charge in [0.05, 0.1) is 17.3 Å². The smallest absolute Gasteiger partial charge is 0.265 e. The molecule has 0 aliphatic carbocycles. The molecule has 2 N–H and O–H groups in total. The summed E-state index contributed by atoms with van der Waals surface area (Å²) in [5, 5.41) is 4.17. The number of rotatable bonds is 8. The van der Waals surface area contributed by atoms with Gasteiger partial charge in [0.15, 0.2) is 0 Å². The number of nitrogens with zero attached hydrogens (tertiary/aromatic N) is 4. The summed E-state index contributed by atoms with van der Waals surface area (Å²) in [7, 11) is 0. The van der Waals surface area contributed by atoms with Gasteiger partial charge in [0.25, 0.3) is 5.91 Å². The maximum atomic E-state index is 13.5. The zero-order valence-corrected chi connectivity index (χ0v) is 26.3. The van der Waals surface area contributed by atoms with E-state index in [2.05, 4.69) is 84.3 Å². The van der Waals surface area contributed by atoms with Crippen LogP contribution in [0.25, 0.3) is 0 Å². The number of carbonyl (C=O) groups excluding carboxylic acids is 1. The van der Waals surface area contributed by atoms with E-state index in [1.807, 2.05) is 48.5 Å². The molecule has 3 aromatic heterocycles. The number of hydrogen-bond acceptors (Lipinski definition) is 7. The monoisotopic (exact) mass is 610 g/mol. The van der Waals surface area contributed by atoms with Crippen molar-refractivity contribution in [3.05, 3.63) is 70.1 Å². The van der Waals surface area contributed by atoms with Crippen LogP contribution in [-0.2, 0) is 5.41 Å². The van der Waals surface area contributed by atoms with Crippen LogP contribution in [0.5, 0.6) is 0 Å². The van der Waals surface area contributed by atoms with Crippen molar-refractivity contribution in [3.8, 4) is 0 Å². The third-order valence-corrected chi connectivity index (χ3v) is 8.18. The molecule has 1 aliphatic heterocycles. The van der Waals surface area contributed by atoms with Gasteiger partial charge in [0.2, 0.25) is 0 Å². The minimum absolute atomic E-state index is 0.0195. The first-order valence-corrected chi connectivity index (χ1v) is 15.1. The highest BCUT2D eigenvalue weighted by atomic mass is 79.9. The summed E-state index contributed by atoms with van der Waals surface area (Å²) in [5.41, 5.74) is 2.30. The first kappa shape index (κ1) is 29.3. The van der Waals surface area contributed by atoms with E-state index in [0.29, 0.717) is 16.5 Å². The average Bonchev–Trinajstić information content (AvgIpc) is 3.16. The summed E-state index contributed by atoms with van der Waals surface area (Å²) in [5.74, 6) is 1.84. The van der Waals surface area contributed by atoms with Crippen molar-refractivity contribution in [2.24, 2.45) is 5.92 Å². The molecule has 39 heavy (non-hydrogen) atoms. The number of aromatic nitrogens is 3. The highest BCUT2D eigenvalue weighted by Gasteiger charge is 2.39. The van der Waals surface area contributed by atoms with Crippen LogP contribution < -0.4 is 14.9 Å². The summed E-state index contributed by atoms with van der Waals surface area (Å²) in [6.45, 7) is 16.1. The maximum Gasteiger partial charge on any atom is 0.265 e. The Balaban J connectivity index is 1.52. The minimum atomic E-state index is -0.178. The molecule has 4 heterocycles. The summed E-state index contributed by atoms with van der Waals surface area (Å²) < 4.78 is 3.81. The van der Waals surface area contributed by atoms with Gasteiger partial charge in [-0.25, -0.2) is 15.0 Å². The second-order valence-electron chi connectivity index (χ2n) is 11.9. The second-order valence-corrected chi connectivity index (χ2v) is 13.6. The van der Waals surface area contributed by atoms with E-state index >= 15 is 0 Å². The molecule has 4 rings (SSSR count). The van der Waals surface area contributed by atoms with Crippen LogP contribution in [0, 0.1) is 5.92 Å². The van der Waals surface area contributed by atoms with Crippen molar-refractivity contribution >= 4 is 45.4 Å². The molecular weight excluding hydrogens is 572 g/mol. The molecule has 0 radical (unpaired) electrons. The van der Waals surface area contributed by atoms with Crippen LogP contribution in [0.3, 0.4) is 0 Å². The number of anilines is 2. The zero-order chi connectivity index (χ0) is 28.4. The van der Waals surface area contributed by atoms with Gasteiger partial charge in [-0.1, -0.05) is 46.8 Å². The lowest BCUT2D eigenvalue weighted by Gasteiger charge is -2.34. The number of amides is 1. The van der Waals surface area contributed by atoms with E-state index in [1.165, 1.54) is 11.9 Å². The van der Waals surface area contributed by atoms with Crippen LogP contribution >= 0.6 is 27.9 Å². The fourth-order valence-corrected chi connectivity index (χ4v) is 6.05. The van der Waals surface area contributed by atoms with Gasteiger partial charge in [0, 0.05) is 35.1 Å². The highest BCUT2D eigenvalue weighted by Crippen LogP contribution is 2.38. The van der Waals surface area contributed by atoms with Crippen molar-refractivity contribution in [2.75, 3.05) is 16.8 Å². The molecule has 208 valence electrons. The molecule has 1 saturated heterocycles. The standard InChI is InChI=1S/C30H39BrN6OS/c1-8-21(22-11-9-12-24(31)32-22)33-25-13-10-14-26(35-25)39-36-28(38)20-15-16-23(29(3,4)5)34-27(20)37-18-19(2)17-30(37,6)7/h9-16,19,21H,8,17-18H2,1-7H3,(H,33,35)(H,36,38). The fourth-order valence-electron chi connectivity index (χ4n) is 5.10. The third kappa shape index (κ3) is 7.11. The Hall–Kier alpha value is -2.65. The van der Waals surface area contributed by atoms with Crippen LogP contribution in [0.2, 0.25) is 0 Å². The first-order chi connectivity index (χ1) is 18.4. The Labute approximate surface area is 245 Å². The van der Waals surface area contributed by atoms with Gasteiger partial charge < -0.3 is 10.2 Å². The van der Waals surface area contributed by atoms with Gasteiger partial charge in [-0.3, -0.25) is 9.52 Å². The Morgan fingerprint density at radius 2 is 1.87 bits per heavy atom. The summed E-state index contributed by atoms with van der Waals surface area (Å²) in [4.78, 5) is 30.2. The van der Waals surface area contributed by atoms with Crippen LogP contribution in [-0.4, -0.2) is 32.9 Å². The van der Waals surface area contributed by atoms with Gasteiger partial charge in [0.1, 0.15) is 21.3 Å². The molecule has 0 spiro atoms. The molecule has 2 atom stereocenters. The lowest BCUT2D eigenvalue weighted by Crippen LogP contribution is -2.40. The molecule has 3 aromatic rings. The topological polar surface area (TPSA) is 83.0 Å². The molecule has 7 nitrogen and oxygen atoms in total. The Bertz CT molecular complexity index is 1320. The van der Waals surface area contributed by atoms with E-state index in [1.54, 1.807) is 0 Å². The summed E-state index contributed by atoms with van der Waals surface area (Å²) >= 11 is 4.67. The van der Waals surface area contributed by atoms with E-state index in [0.717, 1.165) is 47.0 Å². The van der Waals surface area contributed by atoms with Gasteiger partial charge in [-0.15, -0.1) is 0 Å². The van der Waals surface area contributed by atoms with Crippen LogP contribution in [0.15, 0.2) is 58.2 Å². The molecule has 1 fully saturated rings. The highest BCUT2D eigenvalue weighted by molar-refractivity contribution is 9.10. The van der Waals surface area contributed by atoms with Crippen molar-refractivity contribution in [3.63, 3.8) is 0 Å². The molecule has 0 saturated carbocycles. The van der Waals surface area contributed by atoms with Crippen molar-refractivity contribution in [1.29, 1.82) is 0 Å². The van der Waals surface area contributed by atoms with Crippen LogP contribution in [0.4, 0.5) is 11.6 Å². The number of carbonyl (C=O) groups is 1. The molecular formula is C30H39BrN6OS. The average molecular weight is 612 g/mol. The van der Waals surface area contributed by atoms with E-state index < -0.39 is 0 Å². The summed E-state index contributed by atoms with van der Waals surface area (Å²) in [6.07, 6.45) is 1.91. The van der Waals surface area contributed by atoms with Crippen molar-refractivity contribution < 1.29 is 4.79 Å². The largest absolute Gasteiger partial charge is 0.362 e. The van der Waals surface area contributed by atoms with Gasteiger partial charge in [-0.2, -0.15) is 0 Å². The van der Waals surface area contributed by atoms with Crippen LogP contribution in [0.1, 0.15) is 89.1 Å². The van der Waals surface area contributed by atoms with E-state index in [9.17, 15) is 4.79 Å². The Kier molecular flexibility index (Phi) is 8.91. The van der Waals surface area contributed by atoms with E-state index in [-0.39, 0.29) is 22.9 Å². The van der Waals surface area contributed by atoms with Gasteiger partial charge >= 0.3 is 0 Å². The van der Waals surface area contributed by atoms with Crippen molar-refractivity contribution in [1.82, 2.24) is 19.7 Å². The lowest BCUT2D eigenvalue weighted by molar-refractivity contribution is 0.0984. The molecule has 0 aromatic carbocycles. The molecule has 0 bridgehead atoms. The first-order valence-electron chi connectivity index (χ1n) is 13.5. The fraction of sp³-hybridized carbons (Fsp3) is 0.467. The molecule has 2 unspecified atom stereocenters. The SMILES string of the molecule is CCC(Nc1cccc(SNC(=O)c2ccc(C(C)(C)C)nc2N2CC(C)CC2(C)C)n1)c1cccc(Br)n1. The number of hydrogen-bond donors (Lipinski definition) is 2. The Morgan fingerprint density at radius 3 is 2.51 bits per heavy atom. The third-order valence-electron chi connectivity index (χ3n) is 7.01. The quantitative estimate of drug-likeness (QED) is 0.201. The number of nitrogens with one attached hydrogen (secondary N) is 2. The predicted molar refractivity (Wildman–Crippen MR) is 164 cm³/mol. The van der Waals surface area contributed by atoms with E-state index in [4.69, 9.17) is 9.97 Å². The second kappa shape index (κ2) is 11.8. The normalized spacial score (nSPS) is 17.6. The Morgan fingerprint density at radius 1 is 1.13 bits per heavy atom. The molecule has 1 aliphatic rings. The molecule has 9 heteroatoms. The predicted octanol–water partition coefficient (Wildman–Crippen LogP) is 7.56. The summed E-state index contributed by atoms with van der Waals surface area (Å²) in [6, 6.07) is 15.6. The maximum absolute atomic E-state index is 13.5. The van der Waals surface area contributed by atoms with Gasteiger partial charge in [-0.05, 0) is 84.9 Å². The van der Waals surface area contributed by atoms with Crippen molar-refractivity contribution in [2.45, 2.75) is 83.3 Å².